The number of hydrogen-bond acceptors (Lipinski definition) is 3. The van der Waals surface area contributed by atoms with Gasteiger partial charge in [0.2, 0.25) is 5.91 Å². The Hall–Kier alpha value is -2.63. The molecule has 4 rings (SSSR count). The van der Waals surface area contributed by atoms with Gasteiger partial charge in [0, 0.05) is 36.6 Å². The van der Waals surface area contributed by atoms with Crippen molar-refractivity contribution in [2.24, 2.45) is 0 Å². The summed E-state index contributed by atoms with van der Waals surface area (Å²) in [5, 5.41) is 5.35. The van der Waals surface area contributed by atoms with E-state index in [1.54, 1.807) is 11.0 Å². The summed E-state index contributed by atoms with van der Waals surface area (Å²) in [6.07, 6.45) is 7.82. The predicted molar refractivity (Wildman–Crippen MR) is 91.5 cm³/mol. The van der Waals surface area contributed by atoms with Gasteiger partial charge < -0.3 is 9.88 Å². The minimum atomic E-state index is 0.211. The fourth-order valence-electron chi connectivity index (χ4n) is 3.59. The molecule has 1 N–H and O–H groups in total. The number of aromatic nitrogens is 4. The van der Waals surface area contributed by atoms with E-state index in [1.807, 2.05) is 4.90 Å². The molecule has 1 saturated heterocycles. The van der Waals surface area contributed by atoms with Gasteiger partial charge in [-0.25, -0.2) is 4.98 Å². The summed E-state index contributed by atoms with van der Waals surface area (Å²) in [5.41, 5.74) is 2.58. The Morgan fingerprint density at radius 3 is 2.88 bits per heavy atom. The number of para-hydroxylation sites is 1. The molecule has 0 unspecified atom stereocenters. The fourth-order valence-corrected chi connectivity index (χ4v) is 3.59. The lowest BCUT2D eigenvalue weighted by molar-refractivity contribution is -0.132. The number of piperidine rings is 1. The summed E-state index contributed by atoms with van der Waals surface area (Å²) in [4.78, 5) is 21.6. The second-order valence-corrected chi connectivity index (χ2v) is 6.35. The van der Waals surface area contributed by atoms with Gasteiger partial charge in [-0.3, -0.25) is 9.48 Å². The summed E-state index contributed by atoms with van der Waals surface area (Å²) in [7, 11) is 0. The van der Waals surface area contributed by atoms with Crippen LogP contribution in [0.5, 0.6) is 0 Å². The van der Waals surface area contributed by atoms with Gasteiger partial charge >= 0.3 is 0 Å². The zero-order chi connectivity index (χ0) is 16.4. The molecule has 2 aromatic heterocycles. The molecule has 1 amide bonds. The van der Waals surface area contributed by atoms with Crippen LogP contribution in [0.2, 0.25) is 0 Å². The van der Waals surface area contributed by atoms with E-state index in [1.165, 1.54) is 22.8 Å². The van der Waals surface area contributed by atoms with E-state index in [9.17, 15) is 4.79 Å². The number of nitrogens with one attached hydrogen (secondary N) is 1. The Morgan fingerprint density at radius 1 is 1.25 bits per heavy atom. The third kappa shape index (κ3) is 2.91. The van der Waals surface area contributed by atoms with Crippen LogP contribution in [0.15, 0.2) is 43.1 Å². The number of hydrogen-bond donors (Lipinski definition) is 1. The highest BCUT2D eigenvalue weighted by atomic mass is 16.2. The molecule has 0 bridgehead atoms. The first-order chi connectivity index (χ1) is 11.8. The topological polar surface area (TPSA) is 66.8 Å². The molecule has 24 heavy (non-hydrogen) atoms. The van der Waals surface area contributed by atoms with E-state index in [4.69, 9.17) is 0 Å². The van der Waals surface area contributed by atoms with E-state index in [0.717, 1.165) is 25.9 Å². The maximum atomic E-state index is 12.4. The van der Waals surface area contributed by atoms with E-state index in [-0.39, 0.29) is 5.91 Å². The average molecular weight is 323 g/mol. The number of H-pyrrole nitrogens is 1. The third-order valence-electron chi connectivity index (χ3n) is 4.93. The number of amides is 1. The highest BCUT2D eigenvalue weighted by Crippen LogP contribution is 2.33. The van der Waals surface area contributed by atoms with Crippen molar-refractivity contribution < 1.29 is 4.79 Å². The molecular weight excluding hydrogens is 302 g/mol. The monoisotopic (exact) mass is 323 g/mol. The van der Waals surface area contributed by atoms with Crippen molar-refractivity contribution in [3.8, 4) is 0 Å². The Balaban J connectivity index is 1.35. The first-order valence-corrected chi connectivity index (χ1v) is 8.47. The average Bonchev–Trinajstić information content (AvgIpc) is 3.29. The molecule has 0 aliphatic carbocycles. The Labute approximate surface area is 140 Å². The molecule has 0 radical (unpaired) electrons. The standard InChI is InChI=1S/C18H21N5O/c24-18(7-10-23-13-19-12-21-23)22-8-5-14(6-9-22)16-11-20-17-4-2-1-3-15(16)17/h1-4,11-14,20H,5-10H2. The van der Waals surface area contributed by atoms with E-state index < -0.39 is 0 Å². The van der Waals surface area contributed by atoms with Crippen LogP contribution in [0, 0.1) is 0 Å². The van der Waals surface area contributed by atoms with E-state index in [0.29, 0.717) is 18.9 Å². The predicted octanol–water partition coefficient (Wildman–Crippen LogP) is 2.56. The minimum absolute atomic E-state index is 0.211. The van der Waals surface area contributed by atoms with Crippen LogP contribution < -0.4 is 0 Å². The molecule has 1 fully saturated rings. The third-order valence-corrected chi connectivity index (χ3v) is 4.93. The first-order valence-electron chi connectivity index (χ1n) is 8.47. The van der Waals surface area contributed by atoms with Crippen molar-refractivity contribution in [2.45, 2.75) is 31.7 Å². The number of fused-ring (bicyclic) bond motifs is 1. The van der Waals surface area contributed by atoms with Crippen molar-refractivity contribution >= 4 is 16.8 Å². The van der Waals surface area contributed by atoms with Crippen molar-refractivity contribution in [3.63, 3.8) is 0 Å². The van der Waals surface area contributed by atoms with Crippen LogP contribution in [0.25, 0.3) is 10.9 Å². The van der Waals surface area contributed by atoms with Gasteiger partial charge in [0.05, 0.1) is 6.54 Å². The molecule has 6 heteroatoms. The van der Waals surface area contributed by atoms with Gasteiger partial charge in [-0.2, -0.15) is 5.10 Å². The number of rotatable bonds is 4. The highest BCUT2D eigenvalue weighted by Gasteiger charge is 2.25. The lowest BCUT2D eigenvalue weighted by Crippen LogP contribution is -2.38. The zero-order valence-electron chi connectivity index (χ0n) is 13.6. The van der Waals surface area contributed by atoms with Crippen LogP contribution >= 0.6 is 0 Å². The van der Waals surface area contributed by atoms with Gasteiger partial charge in [-0.1, -0.05) is 18.2 Å². The first kappa shape index (κ1) is 14.9. The van der Waals surface area contributed by atoms with Crippen molar-refractivity contribution in [2.75, 3.05) is 13.1 Å². The number of benzene rings is 1. The largest absolute Gasteiger partial charge is 0.361 e. The Morgan fingerprint density at radius 2 is 2.08 bits per heavy atom. The maximum absolute atomic E-state index is 12.4. The molecule has 6 nitrogen and oxygen atoms in total. The number of aromatic amines is 1. The summed E-state index contributed by atoms with van der Waals surface area (Å²) in [6.45, 7) is 2.27. The van der Waals surface area contributed by atoms with E-state index >= 15 is 0 Å². The number of carbonyl (C=O) groups is 1. The summed E-state index contributed by atoms with van der Waals surface area (Å²) in [6, 6.07) is 8.43. The lowest BCUT2D eigenvalue weighted by Gasteiger charge is -2.32. The molecule has 1 aliphatic rings. The summed E-state index contributed by atoms with van der Waals surface area (Å²) < 4.78 is 1.70. The number of aryl methyl sites for hydroxylation is 1. The van der Waals surface area contributed by atoms with Crippen LogP contribution in [0.3, 0.4) is 0 Å². The molecule has 0 saturated carbocycles. The van der Waals surface area contributed by atoms with Crippen molar-refractivity contribution in [3.05, 3.63) is 48.7 Å². The van der Waals surface area contributed by atoms with E-state index in [2.05, 4.69) is 45.5 Å². The summed E-state index contributed by atoms with van der Waals surface area (Å²) >= 11 is 0. The molecule has 3 aromatic rings. The quantitative estimate of drug-likeness (QED) is 0.802. The van der Waals surface area contributed by atoms with Gasteiger partial charge in [-0.15, -0.1) is 0 Å². The van der Waals surface area contributed by atoms with Crippen LogP contribution in [-0.4, -0.2) is 43.6 Å². The van der Waals surface area contributed by atoms with Gasteiger partial charge in [0.1, 0.15) is 12.7 Å². The second kappa shape index (κ2) is 6.47. The molecular formula is C18H21N5O. The van der Waals surface area contributed by atoms with Gasteiger partial charge in [-0.05, 0) is 30.4 Å². The Bertz CT molecular complexity index is 815. The van der Waals surface area contributed by atoms with Gasteiger partial charge in [0.25, 0.3) is 0 Å². The molecule has 124 valence electrons. The maximum Gasteiger partial charge on any atom is 0.224 e. The number of nitrogens with zero attached hydrogens (tertiary/aromatic N) is 4. The zero-order valence-corrected chi connectivity index (χ0v) is 13.6. The highest BCUT2D eigenvalue weighted by molar-refractivity contribution is 5.83. The smallest absolute Gasteiger partial charge is 0.224 e. The van der Waals surface area contributed by atoms with Crippen molar-refractivity contribution in [1.82, 2.24) is 24.6 Å². The molecule has 1 aliphatic heterocycles. The normalized spacial score (nSPS) is 15.9. The molecule has 0 spiro atoms. The van der Waals surface area contributed by atoms with Crippen LogP contribution in [0.1, 0.15) is 30.7 Å². The minimum Gasteiger partial charge on any atom is -0.361 e. The van der Waals surface area contributed by atoms with Crippen LogP contribution in [-0.2, 0) is 11.3 Å². The Kier molecular flexibility index (Phi) is 4.02. The fraction of sp³-hybridized carbons (Fsp3) is 0.389. The summed E-state index contributed by atoms with van der Waals surface area (Å²) in [5.74, 6) is 0.739. The number of likely N-dealkylation sites (tertiary alicyclic amines) is 1. The molecule has 3 heterocycles. The second-order valence-electron chi connectivity index (χ2n) is 6.35. The van der Waals surface area contributed by atoms with Gasteiger partial charge in [0.15, 0.2) is 0 Å². The SMILES string of the molecule is O=C(CCn1cncn1)N1CCC(c2c[nH]c3ccccc23)CC1. The number of carbonyl (C=O) groups excluding carboxylic acids is 1. The van der Waals surface area contributed by atoms with Crippen LogP contribution in [0.4, 0.5) is 0 Å². The lowest BCUT2D eigenvalue weighted by atomic mass is 9.89. The van der Waals surface area contributed by atoms with Crippen molar-refractivity contribution in [1.29, 1.82) is 0 Å². The molecule has 1 aromatic carbocycles. The molecule has 0 atom stereocenters.